The van der Waals surface area contributed by atoms with E-state index >= 15 is 0 Å². The van der Waals surface area contributed by atoms with Gasteiger partial charge in [0.25, 0.3) is 5.91 Å². The van der Waals surface area contributed by atoms with Crippen molar-refractivity contribution in [1.29, 1.82) is 0 Å². The maximum Gasteiger partial charge on any atom is 0.251 e. The highest BCUT2D eigenvalue weighted by atomic mass is 16.7. The first kappa shape index (κ1) is 13.8. The normalized spacial score (nSPS) is 16.1. The lowest BCUT2D eigenvalue weighted by Crippen LogP contribution is -2.31. The summed E-state index contributed by atoms with van der Waals surface area (Å²) in [6.45, 7) is 1.99. The van der Waals surface area contributed by atoms with Gasteiger partial charge in [0.1, 0.15) is 5.75 Å². The van der Waals surface area contributed by atoms with Crippen LogP contribution in [0.2, 0.25) is 0 Å². The quantitative estimate of drug-likeness (QED) is 0.878. The summed E-state index contributed by atoms with van der Waals surface area (Å²) < 4.78 is 15.9. The second-order valence-corrected chi connectivity index (χ2v) is 4.30. The minimum Gasteiger partial charge on any atom is -0.497 e. The summed E-state index contributed by atoms with van der Waals surface area (Å²) in [6.07, 6.45) is 1.40. The van der Waals surface area contributed by atoms with E-state index in [9.17, 15) is 4.79 Å². The number of amides is 1. The van der Waals surface area contributed by atoms with E-state index in [1.807, 2.05) is 0 Å². The number of hydrogen-bond donors (Lipinski definition) is 1. The number of methoxy groups -OCH3 is 1. The molecule has 1 amide bonds. The number of hydrogen-bond acceptors (Lipinski definition) is 4. The van der Waals surface area contributed by atoms with Crippen molar-refractivity contribution in [3.63, 3.8) is 0 Å². The molecule has 104 valence electrons. The van der Waals surface area contributed by atoms with Crippen LogP contribution in [-0.4, -0.2) is 39.1 Å². The van der Waals surface area contributed by atoms with Crippen molar-refractivity contribution >= 4 is 5.91 Å². The molecule has 0 aliphatic carbocycles. The SMILES string of the molecule is COc1cccc(C(=O)NCCC2OCCCO2)c1. The predicted octanol–water partition coefficient (Wildman–Crippen LogP) is 1.58. The van der Waals surface area contributed by atoms with Gasteiger partial charge in [0.05, 0.1) is 20.3 Å². The van der Waals surface area contributed by atoms with Crippen molar-refractivity contribution in [1.82, 2.24) is 5.32 Å². The topological polar surface area (TPSA) is 56.8 Å². The maximum absolute atomic E-state index is 11.9. The molecule has 5 heteroatoms. The Labute approximate surface area is 112 Å². The Hall–Kier alpha value is -1.59. The third-order valence-electron chi connectivity index (χ3n) is 2.89. The average molecular weight is 265 g/mol. The fourth-order valence-electron chi connectivity index (χ4n) is 1.87. The van der Waals surface area contributed by atoms with Crippen molar-refractivity contribution in [2.24, 2.45) is 0 Å². The summed E-state index contributed by atoms with van der Waals surface area (Å²) in [6, 6.07) is 7.07. The Morgan fingerprint density at radius 1 is 1.42 bits per heavy atom. The molecule has 1 saturated heterocycles. The van der Waals surface area contributed by atoms with Crippen LogP contribution < -0.4 is 10.1 Å². The summed E-state index contributed by atoms with van der Waals surface area (Å²) in [7, 11) is 1.58. The first-order valence-corrected chi connectivity index (χ1v) is 6.45. The zero-order valence-corrected chi connectivity index (χ0v) is 11.1. The van der Waals surface area contributed by atoms with Crippen molar-refractivity contribution in [3.8, 4) is 5.75 Å². The summed E-state index contributed by atoms with van der Waals surface area (Å²) >= 11 is 0. The largest absolute Gasteiger partial charge is 0.497 e. The third-order valence-corrected chi connectivity index (χ3v) is 2.89. The van der Waals surface area contributed by atoms with Crippen molar-refractivity contribution in [3.05, 3.63) is 29.8 Å². The fraction of sp³-hybridized carbons (Fsp3) is 0.500. The van der Waals surface area contributed by atoms with E-state index < -0.39 is 0 Å². The minimum atomic E-state index is -0.195. The Kier molecular flexibility index (Phi) is 5.18. The lowest BCUT2D eigenvalue weighted by molar-refractivity contribution is -0.180. The van der Waals surface area contributed by atoms with Gasteiger partial charge >= 0.3 is 0 Å². The van der Waals surface area contributed by atoms with Crippen molar-refractivity contribution in [2.75, 3.05) is 26.9 Å². The van der Waals surface area contributed by atoms with Gasteiger partial charge < -0.3 is 19.5 Å². The fourth-order valence-corrected chi connectivity index (χ4v) is 1.87. The number of benzene rings is 1. The molecule has 0 saturated carbocycles. The molecule has 19 heavy (non-hydrogen) atoms. The molecule has 0 atom stereocenters. The highest BCUT2D eigenvalue weighted by Crippen LogP contribution is 2.12. The Morgan fingerprint density at radius 3 is 2.95 bits per heavy atom. The molecular weight excluding hydrogens is 246 g/mol. The maximum atomic E-state index is 11.9. The molecule has 1 aliphatic heterocycles. The molecule has 1 aromatic rings. The highest BCUT2D eigenvalue weighted by molar-refractivity contribution is 5.94. The van der Waals surface area contributed by atoms with Crippen LogP contribution in [0.5, 0.6) is 5.75 Å². The van der Waals surface area contributed by atoms with Crippen LogP contribution in [0.1, 0.15) is 23.2 Å². The number of rotatable bonds is 5. The first-order chi connectivity index (χ1) is 9.29. The number of nitrogens with one attached hydrogen (secondary N) is 1. The second kappa shape index (κ2) is 7.11. The third kappa shape index (κ3) is 4.22. The monoisotopic (exact) mass is 265 g/mol. The standard InChI is InChI=1S/C14H19NO4/c1-17-12-5-2-4-11(10-12)14(16)15-7-6-13-18-8-3-9-19-13/h2,4-5,10,13H,3,6-9H2,1H3,(H,15,16). The molecular formula is C14H19NO4. The van der Waals surface area contributed by atoms with Crippen LogP contribution in [-0.2, 0) is 9.47 Å². The summed E-state index contributed by atoms with van der Waals surface area (Å²) in [5, 5.41) is 2.84. The van der Waals surface area contributed by atoms with Crippen LogP contribution in [0.4, 0.5) is 0 Å². The van der Waals surface area contributed by atoms with Gasteiger partial charge in [-0.05, 0) is 24.6 Å². The Balaban J connectivity index is 1.77. The molecule has 1 aromatic carbocycles. The van der Waals surface area contributed by atoms with Gasteiger partial charge in [-0.15, -0.1) is 0 Å². The number of carbonyl (C=O) groups excluding carboxylic acids is 1. The van der Waals surface area contributed by atoms with Gasteiger partial charge in [-0.1, -0.05) is 6.07 Å². The molecule has 5 nitrogen and oxygen atoms in total. The molecule has 2 rings (SSSR count). The van der Waals surface area contributed by atoms with Gasteiger partial charge in [-0.25, -0.2) is 0 Å². The van der Waals surface area contributed by atoms with E-state index in [1.165, 1.54) is 0 Å². The summed E-state index contributed by atoms with van der Waals surface area (Å²) in [5.41, 5.74) is 0.588. The molecule has 0 radical (unpaired) electrons. The zero-order valence-electron chi connectivity index (χ0n) is 11.1. The van der Waals surface area contributed by atoms with Crippen molar-refractivity contribution in [2.45, 2.75) is 19.1 Å². The van der Waals surface area contributed by atoms with E-state index in [-0.39, 0.29) is 12.2 Å². The molecule has 0 unspecified atom stereocenters. The molecule has 0 aromatic heterocycles. The van der Waals surface area contributed by atoms with Crippen molar-refractivity contribution < 1.29 is 19.0 Å². The first-order valence-electron chi connectivity index (χ1n) is 6.45. The van der Waals surface area contributed by atoms with Crippen LogP contribution in [0, 0.1) is 0 Å². The van der Waals surface area contributed by atoms with Crippen LogP contribution in [0.3, 0.4) is 0 Å². The van der Waals surface area contributed by atoms with E-state index in [1.54, 1.807) is 31.4 Å². The summed E-state index contributed by atoms with van der Waals surface area (Å²) in [4.78, 5) is 11.9. The Bertz CT molecular complexity index is 416. The Morgan fingerprint density at radius 2 is 2.21 bits per heavy atom. The van der Waals surface area contributed by atoms with E-state index in [0.717, 1.165) is 19.6 Å². The van der Waals surface area contributed by atoms with Gasteiger partial charge in [-0.3, -0.25) is 4.79 Å². The molecule has 1 N–H and O–H groups in total. The highest BCUT2D eigenvalue weighted by Gasteiger charge is 2.14. The lowest BCUT2D eigenvalue weighted by Gasteiger charge is -2.23. The number of ether oxygens (including phenoxy) is 3. The summed E-state index contributed by atoms with van der Waals surface area (Å²) in [5.74, 6) is 0.557. The van der Waals surface area contributed by atoms with E-state index in [0.29, 0.717) is 24.3 Å². The predicted molar refractivity (Wildman–Crippen MR) is 70.3 cm³/mol. The van der Waals surface area contributed by atoms with Gasteiger partial charge in [-0.2, -0.15) is 0 Å². The van der Waals surface area contributed by atoms with Crippen LogP contribution >= 0.6 is 0 Å². The van der Waals surface area contributed by atoms with Gasteiger partial charge in [0.2, 0.25) is 0 Å². The lowest BCUT2D eigenvalue weighted by atomic mass is 10.2. The molecule has 0 bridgehead atoms. The molecule has 1 aliphatic rings. The second-order valence-electron chi connectivity index (χ2n) is 4.30. The average Bonchev–Trinajstić information content (AvgIpc) is 2.48. The van der Waals surface area contributed by atoms with Crippen LogP contribution in [0.25, 0.3) is 0 Å². The number of carbonyl (C=O) groups is 1. The van der Waals surface area contributed by atoms with Crippen LogP contribution in [0.15, 0.2) is 24.3 Å². The van der Waals surface area contributed by atoms with Gasteiger partial charge in [0, 0.05) is 18.5 Å². The minimum absolute atomic E-state index is 0.116. The zero-order chi connectivity index (χ0) is 13.5. The molecule has 1 fully saturated rings. The van der Waals surface area contributed by atoms with Gasteiger partial charge in [0.15, 0.2) is 6.29 Å². The molecule has 1 heterocycles. The smallest absolute Gasteiger partial charge is 0.251 e. The van der Waals surface area contributed by atoms with E-state index in [4.69, 9.17) is 14.2 Å². The van der Waals surface area contributed by atoms with E-state index in [2.05, 4.69) is 5.32 Å². The molecule has 0 spiro atoms.